The van der Waals surface area contributed by atoms with E-state index < -0.39 is 0 Å². The average Bonchev–Trinajstić information content (AvgIpc) is 3.47. The van der Waals surface area contributed by atoms with Crippen LogP contribution >= 0.6 is 0 Å². The molecule has 1 unspecified atom stereocenters. The number of hydrogen-bond acceptors (Lipinski definition) is 3. The highest BCUT2D eigenvalue weighted by atomic mass is 19.1. The molecule has 0 radical (unpaired) electrons. The predicted octanol–water partition coefficient (Wildman–Crippen LogP) is 3.71. The van der Waals surface area contributed by atoms with E-state index in [0.717, 1.165) is 12.8 Å². The highest BCUT2D eigenvalue weighted by Crippen LogP contribution is 2.41. The molecular formula is C22H27FN2O2. The molecule has 0 heterocycles. The Labute approximate surface area is 160 Å². The van der Waals surface area contributed by atoms with Gasteiger partial charge in [-0.05, 0) is 50.4 Å². The Balaban J connectivity index is 1.46. The molecule has 1 aliphatic carbocycles. The van der Waals surface area contributed by atoms with Gasteiger partial charge < -0.3 is 10.1 Å². The van der Waals surface area contributed by atoms with E-state index in [4.69, 9.17) is 4.74 Å². The lowest BCUT2D eigenvalue weighted by atomic mass is 10.0. The van der Waals surface area contributed by atoms with Crippen LogP contribution in [0, 0.1) is 18.7 Å². The summed E-state index contributed by atoms with van der Waals surface area (Å²) in [5.74, 6) is 0.402. The third-order valence-electron chi connectivity index (χ3n) is 4.83. The molecular weight excluding hydrogens is 343 g/mol. The second-order valence-corrected chi connectivity index (χ2v) is 7.31. The van der Waals surface area contributed by atoms with Crippen molar-refractivity contribution in [3.05, 3.63) is 65.5 Å². The van der Waals surface area contributed by atoms with Gasteiger partial charge in [-0.15, -0.1) is 0 Å². The summed E-state index contributed by atoms with van der Waals surface area (Å²) in [6.45, 7) is 3.22. The quantitative estimate of drug-likeness (QED) is 0.732. The van der Waals surface area contributed by atoms with E-state index >= 15 is 0 Å². The molecule has 2 aromatic carbocycles. The SMILES string of the molecule is Cc1ccc(C(NC(=O)CN(C)CCOc2ccccc2F)C2CC2)cc1. The van der Waals surface area contributed by atoms with E-state index in [1.54, 1.807) is 18.2 Å². The third kappa shape index (κ3) is 5.79. The van der Waals surface area contributed by atoms with Gasteiger partial charge in [-0.2, -0.15) is 0 Å². The second-order valence-electron chi connectivity index (χ2n) is 7.31. The Morgan fingerprint density at radius 2 is 1.93 bits per heavy atom. The fraction of sp³-hybridized carbons (Fsp3) is 0.409. The maximum absolute atomic E-state index is 13.5. The first kappa shape index (κ1) is 19.4. The minimum absolute atomic E-state index is 0.000802. The van der Waals surface area contributed by atoms with Crippen LogP contribution in [-0.2, 0) is 4.79 Å². The lowest BCUT2D eigenvalue weighted by molar-refractivity contribution is -0.122. The number of benzene rings is 2. The van der Waals surface area contributed by atoms with E-state index in [1.807, 2.05) is 11.9 Å². The van der Waals surface area contributed by atoms with Crippen LogP contribution in [0.1, 0.15) is 30.0 Å². The number of likely N-dealkylation sites (N-methyl/N-ethyl adjacent to an activating group) is 1. The van der Waals surface area contributed by atoms with Crippen LogP contribution in [0.25, 0.3) is 0 Å². The van der Waals surface area contributed by atoms with E-state index in [1.165, 1.54) is 17.2 Å². The van der Waals surface area contributed by atoms with Gasteiger partial charge in [0.2, 0.25) is 5.91 Å². The molecule has 0 bridgehead atoms. The van der Waals surface area contributed by atoms with Gasteiger partial charge in [0.05, 0.1) is 12.6 Å². The molecule has 1 N–H and O–H groups in total. The minimum Gasteiger partial charge on any atom is -0.489 e. The molecule has 144 valence electrons. The number of ether oxygens (including phenoxy) is 1. The molecule has 0 aliphatic heterocycles. The summed E-state index contributed by atoms with van der Waals surface area (Å²) < 4.78 is 19.0. The van der Waals surface area contributed by atoms with Crippen molar-refractivity contribution < 1.29 is 13.9 Å². The van der Waals surface area contributed by atoms with Crippen LogP contribution in [0.2, 0.25) is 0 Å². The number of nitrogens with zero attached hydrogens (tertiary/aromatic N) is 1. The number of carbonyl (C=O) groups excluding carboxylic acids is 1. The molecule has 0 aromatic heterocycles. The highest BCUT2D eigenvalue weighted by molar-refractivity contribution is 5.78. The summed E-state index contributed by atoms with van der Waals surface area (Å²) in [4.78, 5) is 14.4. The molecule has 4 nitrogen and oxygen atoms in total. The molecule has 1 fully saturated rings. The van der Waals surface area contributed by atoms with Crippen LogP contribution in [-0.4, -0.2) is 37.6 Å². The third-order valence-corrected chi connectivity index (χ3v) is 4.83. The van der Waals surface area contributed by atoms with Gasteiger partial charge in [-0.1, -0.05) is 42.0 Å². The first-order valence-corrected chi connectivity index (χ1v) is 9.45. The molecule has 1 amide bonds. The van der Waals surface area contributed by atoms with Crippen LogP contribution in [0.5, 0.6) is 5.75 Å². The first-order chi connectivity index (χ1) is 13.0. The summed E-state index contributed by atoms with van der Waals surface area (Å²) in [6.07, 6.45) is 2.32. The van der Waals surface area contributed by atoms with E-state index in [9.17, 15) is 9.18 Å². The summed E-state index contributed by atoms with van der Waals surface area (Å²) in [5, 5.41) is 3.18. The number of amides is 1. The number of hydrogen-bond donors (Lipinski definition) is 1. The smallest absolute Gasteiger partial charge is 0.234 e. The van der Waals surface area contributed by atoms with E-state index in [-0.39, 0.29) is 30.1 Å². The zero-order valence-corrected chi connectivity index (χ0v) is 16.0. The number of para-hydroxylation sites is 1. The molecule has 27 heavy (non-hydrogen) atoms. The van der Waals surface area contributed by atoms with Crippen LogP contribution < -0.4 is 10.1 Å². The molecule has 2 aromatic rings. The fourth-order valence-corrected chi connectivity index (χ4v) is 3.09. The maximum atomic E-state index is 13.5. The number of carbonyl (C=O) groups is 1. The molecule has 5 heteroatoms. The van der Waals surface area contributed by atoms with Gasteiger partial charge in [0.15, 0.2) is 11.6 Å². The van der Waals surface area contributed by atoms with Crippen molar-refractivity contribution in [2.75, 3.05) is 26.7 Å². The summed E-state index contributed by atoms with van der Waals surface area (Å²) >= 11 is 0. The number of rotatable bonds is 9. The first-order valence-electron chi connectivity index (χ1n) is 9.45. The van der Waals surface area contributed by atoms with Gasteiger partial charge in [0, 0.05) is 6.54 Å². The normalized spacial score (nSPS) is 14.8. The highest BCUT2D eigenvalue weighted by Gasteiger charge is 2.33. The Morgan fingerprint density at radius 1 is 1.22 bits per heavy atom. The zero-order chi connectivity index (χ0) is 19.2. The molecule has 1 atom stereocenters. The second kappa shape index (κ2) is 9.00. The van der Waals surface area contributed by atoms with Gasteiger partial charge in [0.1, 0.15) is 6.61 Å². The topological polar surface area (TPSA) is 41.6 Å². The van der Waals surface area contributed by atoms with Crippen molar-refractivity contribution in [2.45, 2.75) is 25.8 Å². The van der Waals surface area contributed by atoms with Crippen LogP contribution in [0.15, 0.2) is 48.5 Å². The lowest BCUT2D eigenvalue weighted by Gasteiger charge is -2.22. The molecule has 0 spiro atoms. The van der Waals surface area contributed by atoms with Gasteiger partial charge in [0.25, 0.3) is 0 Å². The summed E-state index contributed by atoms with van der Waals surface area (Å²) in [6, 6.07) is 14.8. The van der Waals surface area contributed by atoms with Crippen molar-refractivity contribution >= 4 is 5.91 Å². The van der Waals surface area contributed by atoms with Crippen molar-refractivity contribution in [1.82, 2.24) is 10.2 Å². The van der Waals surface area contributed by atoms with Gasteiger partial charge >= 0.3 is 0 Å². The molecule has 0 saturated heterocycles. The standard InChI is InChI=1S/C22H27FN2O2/c1-16-7-9-17(10-8-16)22(18-11-12-18)24-21(26)15-25(2)13-14-27-20-6-4-3-5-19(20)23/h3-10,18,22H,11-15H2,1-2H3,(H,24,26). The van der Waals surface area contributed by atoms with Gasteiger partial charge in [-0.3, -0.25) is 9.69 Å². The van der Waals surface area contributed by atoms with Crippen LogP contribution in [0.3, 0.4) is 0 Å². The number of halogens is 1. The van der Waals surface area contributed by atoms with Gasteiger partial charge in [-0.25, -0.2) is 4.39 Å². The van der Waals surface area contributed by atoms with E-state index in [2.05, 4.69) is 36.5 Å². The fourth-order valence-electron chi connectivity index (χ4n) is 3.09. The van der Waals surface area contributed by atoms with Crippen molar-refractivity contribution in [2.24, 2.45) is 5.92 Å². The largest absolute Gasteiger partial charge is 0.489 e. The van der Waals surface area contributed by atoms with Crippen molar-refractivity contribution in [3.8, 4) is 5.75 Å². The maximum Gasteiger partial charge on any atom is 0.234 e. The van der Waals surface area contributed by atoms with Crippen molar-refractivity contribution in [1.29, 1.82) is 0 Å². The molecule has 3 rings (SSSR count). The van der Waals surface area contributed by atoms with E-state index in [0.29, 0.717) is 19.1 Å². The monoisotopic (exact) mass is 370 g/mol. The predicted molar refractivity (Wildman–Crippen MR) is 104 cm³/mol. The molecule has 1 saturated carbocycles. The Hall–Kier alpha value is -2.40. The number of aryl methyl sites for hydroxylation is 1. The summed E-state index contributed by atoms with van der Waals surface area (Å²) in [5.41, 5.74) is 2.39. The summed E-state index contributed by atoms with van der Waals surface area (Å²) in [7, 11) is 1.86. The zero-order valence-electron chi connectivity index (χ0n) is 16.0. The Morgan fingerprint density at radius 3 is 2.59 bits per heavy atom. The van der Waals surface area contributed by atoms with Crippen LogP contribution in [0.4, 0.5) is 4.39 Å². The average molecular weight is 370 g/mol. The lowest BCUT2D eigenvalue weighted by Crippen LogP contribution is -2.39. The number of nitrogens with one attached hydrogen (secondary N) is 1. The Bertz CT molecular complexity index is 759. The minimum atomic E-state index is -0.372. The molecule has 1 aliphatic rings. The van der Waals surface area contributed by atoms with Crippen molar-refractivity contribution in [3.63, 3.8) is 0 Å². The Kier molecular flexibility index (Phi) is 6.45.